The smallest absolute Gasteiger partial charge is 0.340 e. The van der Waals surface area contributed by atoms with E-state index in [9.17, 15) is 9.13 Å². The number of fused-ring (bicyclic) bond motifs is 5. The zero-order valence-corrected chi connectivity index (χ0v) is 37.8. The van der Waals surface area contributed by atoms with E-state index in [0.717, 1.165) is 70.8 Å². The normalized spacial score (nSPS) is 16.9. The fourth-order valence-electron chi connectivity index (χ4n) is 8.75. The molecule has 57 heavy (non-hydrogen) atoms. The number of ether oxygens (including phenoxy) is 2. The molecule has 1 atom stereocenters. The van der Waals surface area contributed by atoms with Crippen molar-refractivity contribution in [2.45, 2.75) is 137 Å². The summed E-state index contributed by atoms with van der Waals surface area (Å²) in [4.78, 5) is 0. The van der Waals surface area contributed by atoms with Gasteiger partial charge >= 0.3 is 6.03 Å². The lowest BCUT2D eigenvalue weighted by atomic mass is 9.87. The topological polar surface area (TPSA) is 77.1 Å². The van der Waals surface area contributed by atoms with E-state index in [1.54, 1.807) is 0 Å². The van der Waals surface area contributed by atoms with Crippen LogP contribution in [0.1, 0.15) is 151 Å². The van der Waals surface area contributed by atoms with E-state index in [1.165, 1.54) is 49.7 Å². The first-order valence-electron chi connectivity index (χ1n) is 22.0. The zero-order chi connectivity index (χ0) is 40.8. The number of nitrogens with zero attached hydrogens (tertiary/aromatic N) is 2. The molecule has 10 heteroatoms. The Kier molecular flexibility index (Phi) is 14.5. The van der Waals surface area contributed by atoms with Crippen molar-refractivity contribution in [3.05, 3.63) is 81.9 Å². The van der Waals surface area contributed by atoms with E-state index in [0.29, 0.717) is 43.8 Å². The molecule has 0 saturated heterocycles. The van der Waals surface area contributed by atoms with Gasteiger partial charge in [-0.2, -0.15) is 0 Å². The highest BCUT2D eigenvalue weighted by Crippen LogP contribution is 2.51. The van der Waals surface area contributed by atoms with Gasteiger partial charge in [-0.25, -0.2) is 0 Å². The third kappa shape index (κ3) is 9.25. The van der Waals surface area contributed by atoms with Crippen LogP contribution in [0.2, 0.25) is 0 Å². The second kappa shape index (κ2) is 18.9. The van der Waals surface area contributed by atoms with Crippen LogP contribution in [0.5, 0.6) is 11.5 Å². The van der Waals surface area contributed by atoms with Gasteiger partial charge in [0.15, 0.2) is 23.9 Å². The first kappa shape index (κ1) is 43.6. The fourth-order valence-corrected chi connectivity index (χ4v) is 11.3. The molecule has 0 N–H and O–H groups in total. The summed E-state index contributed by atoms with van der Waals surface area (Å²) in [6.07, 6.45) is 17.3. The minimum absolute atomic E-state index is 0.208. The lowest BCUT2D eigenvalue weighted by Gasteiger charge is -2.29. The van der Waals surface area contributed by atoms with Crippen molar-refractivity contribution >= 4 is 38.5 Å². The Labute approximate surface area is 343 Å². The van der Waals surface area contributed by atoms with Crippen LogP contribution in [0.25, 0.3) is 0 Å². The minimum atomic E-state index is -2.57. The van der Waals surface area contributed by atoms with E-state index < -0.39 is 20.8 Å². The van der Waals surface area contributed by atoms with Crippen LogP contribution < -0.4 is 9.47 Å². The Bertz CT molecular complexity index is 2000. The molecule has 3 aliphatic rings. The number of unbranched alkanes of at least 4 members (excludes halogenated alkanes) is 2. The molecule has 0 amide bonds. The molecule has 0 bridgehead atoms. The van der Waals surface area contributed by atoms with Crippen LogP contribution >= 0.6 is 14.7 Å². The number of hydrogen-bond donors (Lipinski definition) is 0. The number of para-hydroxylation sites is 2. The molecular formula is C47H68N2O6P2+2. The van der Waals surface area contributed by atoms with Crippen LogP contribution in [0.15, 0.2) is 48.5 Å². The largest absolute Gasteiger partial charge is 0.715 e. The number of aryl methyl sites for hydroxylation is 2. The van der Waals surface area contributed by atoms with Gasteiger partial charge in [-0.1, -0.05) is 91.5 Å². The Morgan fingerprint density at radius 3 is 1.35 bits per heavy atom. The Balaban J connectivity index is 1.34. The molecule has 0 radical (unpaired) electrons. The van der Waals surface area contributed by atoms with Crippen LogP contribution in [-0.2, 0) is 18.2 Å². The van der Waals surface area contributed by atoms with Crippen molar-refractivity contribution in [1.29, 1.82) is 0 Å². The van der Waals surface area contributed by atoms with E-state index in [4.69, 9.17) is 18.5 Å². The lowest BCUT2D eigenvalue weighted by molar-refractivity contribution is -0.831. The highest BCUT2D eigenvalue weighted by atomic mass is 31.2. The number of benzene rings is 3. The van der Waals surface area contributed by atoms with Gasteiger partial charge < -0.3 is 18.5 Å². The van der Waals surface area contributed by atoms with Crippen molar-refractivity contribution < 1.29 is 36.8 Å². The molecule has 0 fully saturated rings. The van der Waals surface area contributed by atoms with E-state index in [-0.39, 0.29) is 5.92 Å². The van der Waals surface area contributed by atoms with Crippen molar-refractivity contribution in [1.82, 2.24) is 0 Å². The molecule has 1 spiro atoms. The molecule has 3 aliphatic heterocycles. The zero-order valence-electron chi connectivity index (χ0n) is 36.0. The van der Waals surface area contributed by atoms with Gasteiger partial charge in [-0.3, -0.25) is 9.13 Å². The van der Waals surface area contributed by atoms with Crippen LogP contribution in [-0.4, -0.2) is 65.5 Å². The van der Waals surface area contributed by atoms with Crippen LogP contribution in [0, 0.1) is 13.8 Å². The molecular weight excluding hydrogens is 750 g/mol. The summed E-state index contributed by atoms with van der Waals surface area (Å²) in [5.41, 5.74) is 8.95. The second-order valence-electron chi connectivity index (χ2n) is 16.3. The predicted molar refractivity (Wildman–Crippen MR) is 235 cm³/mol. The van der Waals surface area contributed by atoms with Gasteiger partial charge in [-0.05, 0) is 108 Å². The van der Waals surface area contributed by atoms with Crippen molar-refractivity contribution in [3.63, 3.8) is 0 Å². The average Bonchev–Trinajstić information content (AvgIpc) is 3.50. The molecule has 0 aliphatic carbocycles. The fraction of sp³-hybridized carbons (Fsp3) is 0.574. The lowest BCUT2D eigenvalue weighted by Crippen LogP contribution is -2.59. The third-order valence-electron chi connectivity index (χ3n) is 12.4. The van der Waals surface area contributed by atoms with Gasteiger partial charge in [0, 0.05) is 36.8 Å². The highest BCUT2D eigenvalue weighted by molar-refractivity contribution is 7.59. The summed E-state index contributed by atoms with van der Waals surface area (Å²) in [7, 11) is -5.15. The van der Waals surface area contributed by atoms with Crippen molar-refractivity contribution in [3.8, 4) is 11.5 Å². The Morgan fingerprint density at radius 2 is 0.982 bits per heavy atom. The molecule has 0 aromatic heterocycles. The maximum absolute atomic E-state index is 13.0. The molecule has 3 aromatic carbocycles. The Morgan fingerprint density at radius 1 is 0.596 bits per heavy atom. The summed E-state index contributed by atoms with van der Waals surface area (Å²) in [6.45, 7) is 17.6. The third-order valence-corrected chi connectivity index (χ3v) is 17.6. The van der Waals surface area contributed by atoms with Crippen LogP contribution in [0.4, 0.5) is 11.4 Å². The van der Waals surface area contributed by atoms with Crippen molar-refractivity contribution in [2.75, 3.05) is 37.9 Å². The summed E-state index contributed by atoms with van der Waals surface area (Å²) in [5.74, 6) is 2.41. The molecule has 0 saturated carbocycles. The highest BCUT2D eigenvalue weighted by Gasteiger charge is 2.72. The molecule has 3 heterocycles. The maximum atomic E-state index is 13.0. The molecule has 310 valence electrons. The SMILES string of the molecule is CCCCC(CCCC)c1cc(C)c2c(c1)C=[N+]1c3ccccc3[N+]3=Cc4cc(C(CCCOP(=O)(CC)CC)CCCOP(=O)(CC)CC)cc(C)c4OC13O2. The first-order chi connectivity index (χ1) is 27.5. The van der Waals surface area contributed by atoms with Gasteiger partial charge in [0.25, 0.3) is 11.4 Å². The minimum Gasteiger partial charge on any atom is -0.340 e. The van der Waals surface area contributed by atoms with E-state index >= 15 is 0 Å². The molecule has 3 aromatic rings. The molecule has 6 rings (SSSR count). The summed E-state index contributed by atoms with van der Waals surface area (Å²) in [6, 6.07) is 16.4. The number of hydrogen-bond acceptors (Lipinski definition) is 6. The standard InChI is InChI=1S/C47H68N2O6P2/c1-9-15-21-37(22-16-10-2)39-29-35(7)45-41(31-39)33-48-43-25-17-18-26-44(43)49-34-42-32-40(30-36(8)46(42)55-47(48,49)54-45)38(23-19-27-52-56(50,11-3)12-4)24-20-28-53-57(51,13-5)14-6/h17-18,25-26,29-34,37-38H,9-16,19-24,27-28H2,1-8H3/q+2. The quantitative estimate of drug-likeness (QED) is 0.0571. The van der Waals surface area contributed by atoms with E-state index in [1.807, 2.05) is 27.7 Å². The second-order valence-corrected chi connectivity index (χ2v) is 22.6. The maximum Gasteiger partial charge on any atom is 0.715 e. The van der Waals surface area contributed by atoms with Crippen LogP contribution in [0.3, 0.4) is 0 Å². The van der Waals surface area contributed by atoms with Gasteiger partial charge in [0.2, 0.25) is 14.7 Å². The van der Waals surface area contributed by atoms with Gasteiger partial charge in [0.05, 0.1) is 24.3 Å². The Hall–Kier alpha value is -3.02. The molecule has 1 unspecified atom stereocenters. The van der Waals surface area contributed by atoms with Gasteiger partial charge in [-0.15, -0.1) is 0 Å². The average molecular weight is 819 g/mol. The van der Waals surface area contributed by atoms with Gasteiger partial charge in [0.1, 0.15) is 0 Å². The summed E-state index contributed by atoms with van der Waals surface area (Å²) < 4.78 is 56.6. The monoisotopic (exact) mass is 818 g/mol. The van der Waals surface area contributed by atoms with Crippen molar-refractivity contribution in [2.24, 2.45) is 0 Å². The first-order valence-corrected chi connectivity index (χ1v) is 26.0. The van der Waals surface area contributed by atoms with E-state index in [2.05, 4.69) is 97.8 Å². The number of rotatable bonds is 22. The summed E-state index contributed by atoms with van der Waals surface area (Å²) >= 11 is 0. The predicted octanol–water partition coefficient (Wildman–Crippen LogP) is 13.0. The summed E-state index contributed by atoms with van der Waals surface area (Å²) in [5, 5.41) is 0. The molecule has 8 nitrogen and oxygen atoms in total.